The second kappa shape index (κ2) is 9.83. The standard InChI is InChI=1S/C23H23BrClN3O4S2/c24-15-5-10-19-21(13-15)33-23(26-19)27(14-17-3-2-12-32-17)22(29)20-4-1-11-28(20)34(30,31)18-8-6-16(25)7-9-18/h5-10,13,17,20H,1-4,11-12,14H2. The second-order valence-electron chi connectivity index (χ2n) is 8.42. The minimum atomic E-state index is -3.85. The van der Waals surface area contributed by atoms with Crippen molar-refractivity contribution in [3.8, 4) is 0 Å². The van der Waals surface area contributed by atoms with E-state index in [-0.39, 0.29) is 16.9 Å². The summed E-state index contributed by atoms with van der Waals surface area (Å²) in [4.78, 5) is 20.4. The first-order valence-electron chi connectivity index (χ1n) is 11.1. The average Bonchev–Trinajstić information content (AvgIpc) is 3.57. The van der Waals surface area contributed by atoms with Crippen molar-refractivity contribution in [1.82, 2.24) is 9.29 Å². The van der Waals surface area contributed by atoms with Gasteiger partial charge in [0.05, 0.1) is 27.8 Å². The minimum Gasteiger partial charge on any atom is -0.376 e. The van der Waals surface area contributed by atoms with Gasteiger partial charge in [0, 0.05) is 22.6 Å². The largest absolute Gasteiger partial charge is 0.376 e. The average molecular weight is 585 g/mol. The first-order valence-corrected chi connectivity index (χ1v) is 14.5. The quantitative estimate of drug-likeness (QED) is 0.404. The smallest absolute Gasteiger partial charge is 0.247 e. The number of amides is 1. The van der Waals surface area contributed by atoms with Gasteiger partial charge in [-0.3, -0.25) is 9.69 Å². The molecule has 2 unspecified atom stereocenters. The van der Waals surface area contributed by atoms with E-state index in [0.29, 0.717) is 42.7 Å². The van der Waals surface area contributed by atoms with Crippen molar-refractivity contribution in [3.63, 3.8) is 0 Å². The van der Waals surface area contributed by atoms with E-state index in [9.17, 15) is 13.2 Å². The van der Waals surface area contributed by atoms with Crippen LogP contribution >= 0.6 is 38.9 Å². The number of rotatable bonds is 6. The van der Waals surface area contributed by atoms with Crippen LogP contribution in [0.2, 0.25) is 5.02 Å². The number of carbonyl (C=O) groups is 1. The molecule has 0 saturated carbocycles. The molecule has 2 aliphatic rings. The van der Waals surface area contributed by atoms with E-state index in [2.05, 4.69) is 15.9 Å². The summed E-state index contributed by atoms with van der Waals surface area (Å²) < 4.78 is 35.8. The molecular formula is C23H23BrClN3O4S2. The van der Waals surface area contributed by atoms with Crippen LogP contribution in [0.4, 0.5) is 5.13 Å². The van der Waals surface area contributed by atoms with Gasteiger partial charge in [0.1, 0.15) is 6.04 Å². The lowest BCUT2D eigenvalue weighted by molar-refractivity contribution is -0.122. The van der Waals surface area contributed by atoms with Gasteiger partial charge in [-0.05, 0) is 68.1 Å². The van der Waals surface area contributed by atoms with Gasteiger partial charge in [0.15, 0.2) is 5.13 Å². The number of thiazole rings is 1. The molecule has 3 heterocycles. The van der Waals surface area contributed by atoms with Gasteiger partial charge in [0.2, 0.25) is 15.9 Å². The van der Waals surface area contributed by atoms with Crippen molar-refractivity contribution >= 4 is 70.1 Å². The maximum atomic E-state index is 13.9. The monoisotopic (exact) mass is 583 g/mol. The van der Waals surface area contributed by atoms with Crippen molar-refractivity contribution in [1.29, 1.82) is 0 Å². The number of anilines is 1. The fourth-order valence-corrected chi connectivity index (χ4v) is 7.76. The van der Waals surface area contributed by atoms with Crippen molar-refractivity contribution in [3.05, 3.63) is 52.0 Å². The third-order valence-corrected chi connectivity index (χ3v) is 9.86. The molecule has 3 aromatic rings. The summed E-state index contributed by atoms with van der Waals surface area (Å²) in [5, 5.41) is 1.02. The Balaban J connectivity index is 1.48. The van der Waals surface area contributed by atoms with Crippen LogP contribution in [0.15, 0.2) is 51.8 Å². The molecular weight excluding hydrogens is 562 g/mol. The Labute approximate surface area is 215 Å². The van der Waals surface area contributed by atoms with E-state index in [0.717, 1.165) is 27.5 Å². The maximum Gasteiger partial charge on any atom is 0.247 e. The highest BCUT2D eigenvalue weighted by Crippen LogP contribution is 2.34. The number of aromatic nitrogens is 1. The molecule has 2 fully saturated rings. The summed E-state index contributed by atoms with van der Waals surface area (Å²) >= 11 is 10.9. The predicted molar refractivity (Wildman–Crippen MR) is 137 cm³/mol. The number of hydrogen-bond acceptors (Lipinski definition) is 6. The molecule has 2 saturated heterocycles. The summed E-state index contributed by atoms with van der Waals surface area (Å²) in [5.41, 5.74) is 0.797. The number of carbonyl (C=O) groups excluding carboxylic acids is 1. The number of sulfonamides is 1. The van der Waals surface area contributed by atoms with Crippen LogP contribution in [0.25, 0.3) is 10.2 Å². The Hall–Kier alpha value is -1.56. The zero-order chi connectivity index (χ0) is 23.9. The van der Waals surface area contributed by atoms with Crippen molar-refractivity contribution < 1.29 is 17.9 Å². The number of benzene rings is 2. The Kier molecular flexibility index (Phi) is 6.98. The van der Waals surface area contributed by atoms with E-state index in [1.54, 1.807) is 17.0 Å². The first kappa shape index (κ1) is 24.1. The van der Waals surface area contributed by atoms with Gasteiger partial charge in [0.25, 0.3) is 0 Å². The highest BCUT2D eigenvalue weighted by molar-refractivity contribution is 9.10. The van der Waals surface area contributed by atoms with Gasteiger partial charge in [-0.15, -0.1) is 0 Å². The summed E-state index contributed by atoms with van der Waals surface area (Å²) in [6.07, 6.45) is 2.79. The Bertz CT molecular complexity index is 1310. The molecule has 2 aliphatic heterocycles. The van der Waals surface area contributed by atoms with Crippen LogP contribution in [-0.2, 0) is 19.6 Å². The summed E-state index contributed by atoms with van der Waals surface area (Å²) in [5.74, 6) is -0.260. The van der Waals surface area contributed by atoms with Crippen molar-refractivity contribution in [2.45, 2.75) is 42.7 Å². The molecule has 1 amide bonds. The summed E-state index contributed by atoms with van der Waals surface area (Å²) in [7, 11) is -3.85. The first-order chi connectivity index (χ1) is 16.3. The lowest BCUT2D eigenvalue weighted by Gasteiger charge is -2.29. The van der Waals surface area contributed by atoms with Crippen LogP contribution in [-0.4, -0.2) is 55.5 Å². The molecule has 2 aromatic carbocycles. The van der Waals surface area contributed by atoms with E-state index >= 15 is 0 Å². The molecule has 0 radical (unpaired) electrons. The zero-order valence-corrected chi connectivity index (χ0v) is 22.2. The maximum absolute atomic E-state index is 13.9. The molecule has 180 valence electrons. The fraction of sp³-hybridized carbons (Fsp3) is 0.391. The van der Waals surface area contributed by atoms with Crippen LogP contribution in [0, 0.1) is 0 Å². The van der Waals surface area contributed by atoms with Crippen molar-refractivity contribution in [2.24, 2.45) is 0 Å². The normalized spacial score (nSPS) is 21.4. The van der Waals surface area contributed by atoms with E-state index in [1.165, 1.54) is 27.8 Å². The third-order valence-electron chi connectivity index (χ3n) is 6.16. The van der Waals surface area contributed by atoms with E-state index < -0.39 is 16.1 Å². The second-order valence-corrected chi connectivity index (χ2v) is 12.7. The van der Waals surface area contributed by atoms with Gasteiger partial charge >= 0.3 is 0 Å². The Morgan fingerprint density at radius 2 is 2.00 bits per heavy atom. The number of halogens is 2. The molecule has 5 rings (SSSR count). The molecule has 0 aliphatic carbocycles. The van der Waals surface area contributed by atoms with Gasteiger partial charge < -0.3 is 4.74 Å². The lowest BCUT2D eigenvalue weighted by Crippen LogP contribution is -2.49. The minimum absolute atomic E-state index is 0.0922. The highest BCUT2D eigenvalue weighted by atomic mass is 79.9. The summed E-state index contributed by atoms with van der Waals surface area (Å²) in [6, 6.07) is 11.0. The number of nitrogens with zero attached hydrogens (tertiary/aromatic N) is 3. The third kappa shape index (κ3) is 4.76. The SMILES string of the molecule is O=C(C1CCCN1S(=O)(=O)c1ccc(Cl)cc1)N(CC1CCCO1)c1nc2ccc(Br)cc2s1. The molecule has 0 bridgehead atoms. The van der Waals surface area contributed by atoms with Gasteiger partial charge in [-0.1, -0.05) is 38.9 Å². The van der Waals surface area contributed by atoms with Crippen LogP contribution < -0.4 is 4.90 Å². The number of hydrogen-bond donors (Lipinski definition) is 0. The number of ether oxygens (including phenoxy) is 1. The van der Waals surface area contributed by atoms with Crippen LogP contribution in [0.5, 0.6) is 0 Å². The topological polar surface area (TPSA) is 79.8 Å². The molecule has 0 spiro atoms. The molecule has 11 heteroatoms. The van der Waals surface area contributed by atoms with Crippen molar-refractivity contribution in [2.75, 3.05) is 24.6 Å². The zero-order valence-electron chi connectivity index (χ0n) is 18.2. The van der Waals surface area contributed by atoms with Gasteiger partial charge in [-0.2, -0.15) is 4.31 Å². The van der Waals surface area contributed by atoms with E-state index in [1.807, 2.05) is 18.2 Å². The molecule has 0 N–H and O–H groups in total. The Morgan fingerprint density at radius 3 is 2.74 bits per heavy atom. The predicted octanol–water partition coefficient (Wildman–Crippen LogP) is 5.08. The molecule has 1 aromatic heterocycles. The van der Waals surface area contributed by atoms with Crippen LogP contribution in [0.1, 0.15) is 25.7 Å². The lowest BCUT2D eigenvalue weighted by atomic mass is 10.2. The van der Waals surface area contributed by atoms with Gasteiger partial charge in [-0.25, -0.2) is 13.4 Å². The fourth-order valence-electron chi connectivity index (χ4n) is 4.45. The number of fused-ring (bicyclic) bond motifs is 1. The Morgan fingerprint density at radius 1 is 1.21 bits per heavy atom. The van der Waals surface area contributed by atoms with E-state index in [4.69, 9.17) is 21.3 Å². The summed E-state index contributed by atoms with van der Waals surface area (Å²) in [6.45, 7) is 1.31. The molecule has 34 heavy (non-hydrogen) atoms. The highest BCUT2D eigenvalue weighted by Gasteiger charge is 2.42. The van der Waals surface area contributed by atoms with Crippen LogP contribution in [0.3, 0.4) is 0 Å². The molecule has 7 nitrogen and oxygen atoms in total. The molecule has 2 atom stereocenters.